The molecule has 0 bridgehead atoms. The van der Waals surface area contributed by atoms with Gasteiger partial charge >= 0.3 is 103 Å². The van der Waals surface area contributed by atoms with E-state index in [-0.39, 0.29) is 14.4 Å². The van der Waals surface area contributed by atoms with E-state index < -0.39 is 29.9 Å². The first-order valence-corrected chi connectivity index (χ1v) is 6.78. The zero-order chi connectivity index (χ0) is 13.0. The zero-order valence-electron chi connectivity index (χ0n) is 9.87. The standard InChI is InChI=1S/C9H16B2O5P/c1-3-4(2)7-8(17-11-10-15)5(12)6(13)9(14)16-7/h4-8,12-13,17H,3H2,1-2H3/t4-,5+,6?,7?,8-/m0/s1. The van der Waals surface area contributed by atoms with Gasteiger partial charge in [-0.05, 0) is 0 Å². The number of carbonyl (C=O) groups excluding carboxylic acids is 1. The molecule has 1 fully saturated rings. The molecule has 1 radical (unpaired) electrons. The average molecular weight is 257 g/mol. The second-order valence-electron chi connectivity index (χ2n) is 4.22. The third-order valence-electron chi connectivity index (χ3n) is 3.10. The van der Waals surface area contributed by atoms with Crippen molar-refractivity contribution in [2.75, 3.05) is 0 Å². The summed E-state index contributed by atoms with van der Waals surface area (Å²) in [5, 5.41) is 19.3. The summed E-state index contributed by atoms with van der Waals surface area (Å²) in [6, 6.07) is 0. The third-order valence-corrected chi connectivity index (χ3v) is 4.48. The van der Waals surface area contributed by atoms with E-state index in [0.29, 0.717) is 7.04 Å². The van der Waals surface area contributed by atoms with Gasteiger partial charge in [0.2, 0.25) is 0 Å². The summed E-state index contributed by atoms with van der Waals surface area (Å²) in [4.78, 5) is 11.3. The van der Waals surface area contributed by atoms with E-state index >= 15 is 0 Å². The van der Waals surface area contributed by atoms with Gasteiger partial charge in [-0.25, -0.2) is 0 Å². The number of hydrogen-bond acceptors (Lipinski definition) is 5. The average Bonchev–Trinajstić information content (AvgIpc) is 2.33. The predicted molar refractivity (Wildman–Crippen MR) is 65.6 cm³/mol. The molecule has 8 heteroatoms. The summed E-state index contributed by atoms with van der Waals surface area (Å²) < 4.78 is 15.5. The Bertz CT molecular complexity index is 291. The Morgan fingerprint density at radius 1 is 1.53 bits per heavy atom. The monoisotopic (exact) mass is 257 g/mol. The van der Waals surface area contributed by atoms with Crippen LogP contribution in [0.3, 0.4) is 0 Å². The molecule has 1 heterocycles. The first-order valence-electron chi connectivity index (χ1n) is 5.62. The van der Waals surface area contributed by atoms with Crippen LogP contribution in [0.5, 0.6) is 0 Å². The van der Waals surface area contributed by atoms with Gasteiger partial charge in [0.05, 0.1) is 0 Å². The van der Waals surface area contributed by atoms with Crippen molar-refractivity contribution in [1.82, 2.24) is 0 Å². The number of rotatable bonds is 5. The number of aliphatic hydroxyl groups is 2. The molecule has 0 amide bonds. The van der Waals surface area contributed by atoms with Crippen molar-refractivity contribution in [3.63, 3.8) is 0 Å². The molecule has 0 spiro atoms. The maximum absolute atomic E-state index is 11.3. The van der Waals surface area contributed by atoms with Crippen molar-refractivity contribution in [2.45, 2.75) is 44.2 Å². The van der Waals surface area contributed by atoms with Crippen LogP contribution in [-0.4, -0.2) is 54.1 Å². The van der Waals surface area contributed by atoms with Crippen LogP contribution < -0.4 is 0 Å². The topological polar surface area (TPSA) is 83.8 Å². The molecule has 5 nitrogen and oxygen atoms in total. The van der Waals surface area contributed by atoms with Crippen LogP contribution in [0, 0.1) is 5.92 Å². The molecule has 93 valence electrons. The molecule has 0 aromatic rings. The summed E-state index contributed by atoms with van der Waals surface area (Å²) in [5.74, 6) is -0.700. The number of cyclic esters (lactones) is 1. The normalized spacial score (nSPS) is 35.4. The van der Waals surface area contributed by atoms with Crippen LogP contribution in [0.2, 0.25) is 0 Å². The van der Waals surface area contributed by atoms with E-state index in [1.807, 2.05) is 13.8 Å². The molecule has 0 aromatic heterocycles. The first-order chi connectivity index (χ1) is 8.02. The SMILES string of the molecule is CC[C@H](C)C1OC(=O)C(O)[C@@H](O)[C@@H]1P[B]B=O. The molecule has 3 unspecified atom stereocenters. The number of esters is 1. The van der Waals surface area contributed by atoms with Gasteiger partial charge in [-0.1, -0.05) is 0 Å². The third kappa shape index (κ3) is 3.36. The van der Waals surface area contributed by atoms with Crippen LogP contribution in [-0.2, 0) is 14.2 Å². The molecular weight excluding hydrogens is 241 g/mol. The van der Waals surface area contributed by atoms with Gasteiger partial charge in [0.1, 0.15) is 0 Å². The zero-order valence-corrected chi connectivity index (χ0v) is 10.9. The van der Waals surface area contributed by atoms with Crippen LogP contribution in [0.1, 0.15) is 20.3 Å². The van der Waals surface area contributed by atoms with Crippen molar-refractivity contribution in [3.8, 4) is 0 Å². The van der Waals surface area contributed by atoms with E-state index in [4.69, 9.17) is 4.74 Å². The summed E-state index contributed by atoms with van der Waals surface area (Å²) in [7, 11) is 0.688. The van der Waals surface area contributed by atoms with Crippen LogP contribution in [0.4, 0.5) is 0 Å². The number of hydrogen-bond donors (Lipinski definition) is 2. The van der Waals surface area contributed by atoms with Crippen LogP contribution >= 0.6 is 8.46 Å². The fourth-order valence-electron chi connectivity index (χ4n) is 1.85. The fourth-order valence-corrected chi connectivity index (χ4v) is 3.12. The summed E-state index contributed by atoms with van der Waals surface area (Å²) in [6.07, 6.45) is -2.32. The van der Waals surface area contributed by atoms with Gasteiger partial charge < -0.3 is 0 Å². The Morgan fingerprint density at radius 2 is 2.18 bits per heavy atom. The van der Waals surface area contributed by atoms with Crippen molar-refractivity contribution < 1.29 is 24.4 Å². The summed E-state index contributed by atoms with van der Waals surface area (Å²) in [6.45, 7) is 5.27. The molecule has 0 saturated carbocycles. The van der Waals surface area contributed by atoms with E-state index in [1.54, 1.807) is 0 Å². The van der Waals surface area contributed by atoms with E-state index in [2.05, 4.69) is 0 Å². The Labute approximate surface area is 104 Å². The molecule has 1 aliphatic rings. The van der Waals surface area contributed by atoms with Crippen LogP contribution in [0.15, 0.2) is 0 Å². The van der Waals surface area contributed by atoms with Crippen molar-refractivity contribution in [1.29, 1.82) is 0 Å². The van der Waals surface area contributed by atoms with Gasteiger partial charge in [0.15, 0.2) is 0 Å². The van der Waals surface area contributed by atoms with E-state index in [1.165, 1.54) is 6.89 Å². The van der Waals surface area contributed by atoms with Gasteiger partial charge in [-0.3, -0.25) is 0 Å². The molecule has 0 aliphatic carbocycles. The van der Waals surface area contributed by atoms with Crippen molar-refractivity contribution in [3.05, 3.63) is 0 Å². The van der Waals surface area contributed by atoms with Gasteiger partial charge in [0.25, 0.3) is 0 Å². The molecule has 17 heavy (non-hydrogen) atoms. The second-order valence-corrected chi connectivity index (χ2v) is 5.55. The number of ether oxygens (including phenoxy) is 1. The molecule has 1 rings (SSSR count). The van der Waals surface area contributed by atoms with Gasteiger partial charge in [-0.15, -0.1) is 0 Å². The molecular formula is C9H16B2O5P. The van der Waals surface area contributed by atoms with E-state index in [9.17, 15) is 19.7 Å². The number of aliphatic hydroxyl groups excluding tert-OH is 2. The van der Waals surface area contributed by atoms with Gasteiger partial charge in [-0.2, -0.15) is 0 Å². The maximum atomic E-state index is 11.3. The number of carbonyl (C=O) groups is 1. The van der Waals surface area contributed by atoms with Gasteiger partial charge in [0, 0.05) is 0 Å². The first kappa shape index (κ1) is 14.8. The molecule has 0 aromatic carbocycles. The Balaban J connectivity index is 2.82. The summed E-state index contributed by atoms with van der Waals surface area (Å²) in [5.41, 5.74) is -0.400. The molecule has 1 saturated heterocycles. The van der Waals surface area contributed by atoms with Crippen molar-refractivity contribution in [2.24, 2.45) is 5.92 Å². The molecule has 6 atom stereocenters. The molecule has 2 N–H and O–H groups in total. The summed E-state index contributed by atoms with van der Waals surface area (Å²) >= 11 is 0. The van der Waals surface area contributed by atoms with Crippen molar-refractivity contribution >= 4 is 28.4 Å². The minimum atomic E-state index is -1.51. The van der Waals surface area contributed by atoms with E-state index in [0.717, 1.165) is 6.42 Å². The molecule has 1 aliphatic heterocycles. The fraction of sp³-hybridized carbons (Fsp3) is 0.889. The Hall–Kier alpha value is -0.250. The predicted octanol–water partition coefficient (Wildman–Crippen LogP) is -0.689. The quantitative estimate of drug-likeness (QED) is 0.387. The Kier molecular flexibility index (Phi) is 5.77. The van der Waals surface area contributed by atoms with Crippen LogP contribution in [0.25, 0.3) is 0 Å². The Morgan fingerprint density at radius 3 is 2.71 bits per heavy atom. The second kappa shape index (κ2) is 6.62. The minimum absolute atomic E-state index is 0.0333.